The molecule has 15 heavy (non-hydrogen) atoms. The Balaban J connectivity index is 2.96. The van der Waals surface area contributed by atoms with Gasteiger partial charge < -0.3 is 4.74 Å². The molecule has 5 heteroatoms. The Kier molecular flexibility index (Phi) is 4.05. The minimum Gasteiger partial charge on any atom is -0.374 e. The summed E-state index contributed by atoms with van der Waals surface area (Å²) in [6.45, 7) is 3.95. The molecule has 0 aliphatic rings. The Morgan fingerprint density at radius 3 is 2.73 bits per heavy atom. The summed E-state index contributed by atoms with van der Waals surface area (Å²) in [6.07, 6.45) is 0.0311. The van der Waals surface area contributed by atoms with Gasteiger partial charge in [0.05, 0.1) is 23.2 Å². The van der Waals surface area contributed by atoms with Gasteiger partial charge in [0.15, 0.2) is 0 Å². The highest BCUT2D eigenvalue weighted by Crippen LogP contribution is 2.28. The zero-order valence-electron chi connectivity index (χ0n) is 8.57. The summed E-state index contributed by atoms with van der Waals surface area (Å²) >= 11 is 5.74. The highest BCUT2D eigenvalue weighted by atomic mass is 35.5. The van der Waals surface area contributed by atoms with Crippen LogP contribution in [0.3, 0.4) is 0 Å². The van der Waals surface area contributed by atoms with E-state index in [9.17, 15) is 10.1 Å². The van der Waals surface area contributed by atoms with Gasteiger partial charge in [-0.05, 0) is 26.0 Å². The molecule has 82 valence electrons. The van der Waals surface area contributed by atoms with E-state index in [1.165, 1.54) is 6.07 Å². The average molecular weight is 230 g/mol. The quantitative estimate of drug-likeness (QED) is 0.589. The maximum absolute atomic E-state index is 10.8. The normalized spacial score (nSPS) is 10.7. The summed E-state index contributed by atoms with van der Waals surface area (Å²) in [5.41, 5.74) is 0.431. The van der Waals surface area contributed by atoms with Crippen LogP contribution in [0.1, 0.15) is 19.4 Å². The molecule has 0 fully saturated rings. The molecule has 0 radical (unpaired) electrons. The van der Waals surface area contributed by atoms with Gasteiger partial charge in [0, 0.05) is 0 Å². The van der Waals surface area contributed by atoms with Crippen molar-refractivity contribution >= 4 is 17.3 Å². The third-order valence-electron chi connectivity index (χ3n) is 1.83. The summed E-state index contributed by atoms with van der Waals surface area (Å²) in [5.74, 6) is 0. The second kappa shape index (κ2) is 5.09. The lowest BCUT2D eigenvalue weighted by atomic mass is 10.2. The summed E-state index contributed by atoms with van der Waals surface area (Å²) in [4.78, 5) is 10.3. The van der Waals surface area contributed by atoms with E-state index in [1.807, 2.05) is 13.8 Å². The number of rotatable bonds is 4. The number of hydrogen-bond acceptors (Lipinski definition) is 3. The number of nitro benzene ring substituents is 1. The van der Waals surface area contributed by atoms with E-state index in [0.717, 1.165) is 0 Å². The Hall–Kier alpha value is -1.13. The van der Waals surface area contributed by atoms with Crippen molar-refractivity contribution in [2.24, 2.45) is 0 Å². The molecular weight excluding hydrogens is 218 g/mol. The lowest BCUT2D eigenvalue weighted by molar-refractivity contribution is -0.385. The Morgan fingerprint density at radius 1 is 1.53 bits per heavy atom. The molecular formula is C10H12ClNO3. The zero-order valence-corrected chi connectivity index (χ0v) is 9.32. The van der Waals surface area contributed by atoms with Crippen molar-refractivity contribution < 1.29 is 9.66 Å². The van der Waals surface area contributed by atoms with Crippen LogP contribution >= 0.6 is 11.6 Å². The number of ether oxygens (including phenoxy) is 1. The number of hydrogen-bond donors (Lipinski definition) is 0. The highest BCUT2D eigenvalue weighted by molar-refractivity contribution is 6.32. The molecule has 0 aromatic heterocycles. The summed E-state index contributed by atoms with van der Waals surface area (Å²) in [6, 6.07) is 4.82. The number of benzene rings is 1. The van der Waals surface area contributed by atoms with Crippen molar-refractivity contribution in [1.82, 2.24) is 0 Å². The molecule has 0 bridgehead atoms. The molecule has 1 aromatic carbocycles. The maximum Gasteiger partial charge on any atom is 0.293 e. The molecule has 4 nitrogen and oxygen atoms in total. The first-order valence-electron chi connectivity index (χ1n) is 4.55. The Morgan fingerprint density at radius 2 is 2.20 bits per heavy atom. The van der Waals surface area contributed by atoms with Gasteiger partial charge >= 0.3 is 0 Å². The van der Waals surface area contributed by atoms with Crippen LogP contribution in [0.15, 0.2) is 18.2 Å². The molecule has 1 aromatic rings. The first-order valence-corrected chi connectivity index (χ1v) is 4.93. The highest BCUT2D eigenvalue weighted by Gasteiger charge is 2.18. The topological polar surface area (TPSA) is 52.4 Å². The van der Waals surface area contributed by atoms with Gasteiger partial charge in [0.25, 0.3) is 5.69 Å². The van der Waals surface area contributed by atoms with Crippen molar-refractivity contribution in [3.8, 4) is 0 Å². The van der Waals surface area contributed by atoms with Gasteiger partial charge in [-0.15, -0.1) is 0 Å². The molecule has 0 aliphatic heterocycles. The molecule has 0 heterocycles. The fraction of sp³-hybridized carbons (Fsp3) is 0.400. The largest absolute Gasteiger partial charge is 0.374 e. The molecule has 0 atom stereocenters. The fourth-order valence-electron chi connectivity index (χ4n) is 1.14. The molecule has 0 saturated heterocycles. The molecule has 0 saturated carbocycles. The van der Waals surface area contributed by atoms with E-state index in [0.29, 0.717) is 5.56 Å². The van der Waals surface area contributed by atoms with Crippen molar-refractivity contribution in [1.29, 1.82) is 0 Å². The second-order valence-electron chi connectivity index (χ2n) is 3.36. The third kappa shape index (κ3) is 3.18. The maximum atomic E-state index is 10.8. The van der Waals surface area contributed by atoms with Crippen LogP contribution in [-0.4, -0.2) is 11.0 Å². The van der Waals surface area contributed by atoms with Crippen molar-refractivity contribution in [2.45, 2.75) is 26.6 Å². The molecule has 0 N–H and O–H groups in total. The van der Waals surface area contributed by atoms with Crippen LogP contribution in [0.5, 0.6) is 0 Å². The molecule has 0 spiro atoms. The lowest BCUT2D eigenvalue weighted by Gasteiger charge is -2.08. The second-order valence-corrected chi connectivity index (χ2v) is 3.77. The van der Waals surface area contributed by atoms with Crippen LogP contribution in [0.25, 0.3) is 0 Å². The lowest BCUT2D eigenvalue weighted by Crippen LogP contribution is -2.04. The van der Waals surface area contributed by atoms with Gasteiger partial charge in [-0.3, -0.25) is 10.1 Å². The minimum absolute atomic E-state index is 0.0311. The molecule has 0 unspecified atom stereocenters. The van der Waals surface area contributed by atoms with Crippen molar-refractivity contribution in [3.63, 3.8) is 0 Å². The first-order chi connectivity index (χ1) is 7.02. The summed E-state index contributed by atoms with van der Waals surface area (Å²) < 4.78 is 5.31. The van der Waals surface area contributed by atoms with Crippen molar-refractivity contribution in [2.75, 3.05) is 0 Å². The first kappa shape index (κ1) is 11.9. The fourth-order valence-corrected chi connectivity index (χ4v) is 1.40. The van der Waals surface area contributed by atoms with E-state index in [-0.39, 0.29) is 23.4 Å². The van der Waals surface area contributed by atoms with E-state index in [4.69, 9.17) is 16.3 Å². The number of nitrogens with zero attached hydrogens (tertiary/aromatic N) is 1. The van der Waals surface area contributed by atoms with Crippen LogP contribution < -0.4 is 0 Å². The third-order valence-corrected chi connectivity index (χ3v) is 2.13. The smallest absolute Gasteiger partial charge is 0.293 e. The standard InChI is InChI=1S/C10H12ClNO3/c1-7(2)15-6-8-4-3-5-9(11)10(8)12(13)14/h3-5,7H,6H2,1-2H3. The average Bonchev–Trinajstić information content (AvgIpc) is 2.13. The van der Waals surface area contributed by atoms with Crippen LogP contribution in [0.2, 0.25) is 5.02 Å². The predicted molar refractivity (Wildman–Crippen MR) is 58.0 cm³/mol. The van der Waals surface area contributed by atoms with Gasteiger partial charge in [0.2, 0.25) is 0 Å². The Bertz CT molecular complexity index is 366. The molecule has 1 rings (SSSR count). The zero-order chi connectivity index (χ0) is 11.4. The SMILES string of the molecule is CC(C)OCc1cccc(Cl)c1[N+](=O)[O-]. The van der Waals surface area contributed by atoms with E-state index in [2.05, 4.69) is 0 Å². The van der Waals surface area contributed by atoms with Crippen LogP contribution in [-0.2, 0) is 11.3 Å². The van der Waals surface area contributed by atoms with Crippen LogP contribution in [0.4, 0.5) is 5.69 Å². The van der Waals surface area contributed by atoms with Gasteiger partial charge in [0.1, 0.15) is 5.02 Å². The van der Waals surface area contributed by atoms with Gasteiger partial charge in [-0.1, -0.05) is 17.7 Å². The summed E-state index contributed by atoms with van der Waals surface area (Å²) in [5, 5.41) is 10.9. The van der Waals surface area contributed by atoms with Gasteiger partial charge in [-0.25, -0.2) is 0 Å². The van der Waals surface area contributed by atoms with Crippen LogP contribution in [0, 0.1) is 10.1 Å². The van der Waals surface area contributed by atoms with Crippen molar-refractivity contribution in [3.05, 3.63) is 38.9 Å². The minimum atomic E-state index is -0.485. The monoisotopic (exact) mass is 229 g/mol. The predicted octanol–water partition coefficient (Wildman–Crippen LogP) is 3.17. The number of para-hydroxylation sites is 1. The number of nitro groups is 1. The van der Waals surface area contributed by atoms with E-state index < -0.39 is 4.92 Å². The van der Waals surface area contributed by atoms with E-state index in [1.54, 1.807) is 12.1 Å². The molecule has 0 aliphatic carbocycles. The summed E-state index contributed by atoms with van der Waals surface area (Å²) in [7, 11) is 0. The number of halogens is 1. The van der Waals surface area contributed by atoms with E-state index >= 15 is 0 Å². The molecule has 0 amide bonds. The van der Waals surface area contributed by atoms with Gasteiger partial charge in [-0.2, -0.15) is 0 Å². The Labute approximate surface area is 93.0 Å².